The van der Waals surface area contributed by atoms with E-state index in [1.54, 1.807) is 6.08 Å². The van der Waals surface area contributed by atoms with Gasteiger partial charge < -0.3 is 19.3 Å². The molecule has 0 saturated carbocycles. The largest absolute Gasteiger partial charge is 0.390 e. The maximum atomic E-state index is 10.1. The summed E-state index contributed by atoms with van der Waals surface area (Å²) in [5.41, 5.74) is 0.450. The first-order valence-electron chi connectivity index (χ1n) is 7.43. The molecule has 0 unspecified atom stereocenters. The number of aliphatic hydroxyl groups excluding tert-OH is 1. The number of ether oxygens (including phenoxy) is 3. The van der Waals surface area contributed by atoms with E-state index < -0.39 is 11.7 Å². The lowest BCUT2D eigenvalue weighted by molar-refractivity contribution is -0.303. The zero-order valence-corrected chi connectivity index (χ0v) is 12.3. The molecule has 0 aromatic heterocycles. The molecule has 2 aliphatic heterocycles. The van der Waals surface area contributed by atoms with Gasteiger partial charge in [0.2, 0.25) is 0 Å². The van der Waals surface area contributed by atoms with E-state index in [-0.39, 0.29) is 18.5 Å². The molecule has 2 fully saturated rings. The molecule has 3 rings (SSSR count). The lowest BCUT2D eigenvalue weighted by Gasteiger charge is -2.43. The van der Waals surface area contributed by atoms with E-state index in [1.807, 2.05) is 37.3 Å². The highest BCUT2D eigenvalue weighted by Gasteiger charge is 2.47. The zero-order chi connectivity index (χ0) is 14.9. The number of hydrogen-bond acceptors (Lipinski definition) is 4. The van der Waals surface area contributed by atoms with E-state index in [9.17, 15) is 5.11 Å². The molecular formula is C17H22O4. The number of aliphatic hydroxyl groups is 1. The van der Waals surface area contributed by atoms with Gasteiger partial charge in [0.1, 0.15) is 11.7 Å². The Morgan fingerprint density at radius 2 is 2.05 bits per heavy atom. The maximum Gasteiger partial charge on any atom is 0.184 e. The van der Waals surface area contributed by atoms with Crippen LogP contribution in [0.4, 0.5) is 0 Å². The molecule has 114 valence electrons. The minimum absolute atomic E-state index is 0.101. The van der Waals surface area contributed by atoms with Crippen LogP contribution in [0, 0.1) is 0 Å². The molecule has 1 aromatic rings. The quantitative estimate of drug-likeness (QED) is 0.851. The topological polar surface area (TPSA) is 47.9 Å². The Morgan fingerprint density at radius 1 is 1.29 bits per heavy atom. The fourth-order valence-corrected chi connectivity index (χ4v) is 3.02. The van der Waals surface area contributed by atoms with Crippen LogP contribution in [0.1, 0.15) is 31.6 Å². The van der Waals surface area contributed by atoms with Crippen molar-refractivity contribution in [3.05, 3.63) is 48.6 Å². The standard InChI is InChI=1S/C17H22O4/c1-3-14-13(18)9-10-15-17(2,21-14)11-19-16(20-15)12-7-5-4-6-8-12/h3-8,13-16,18H,1,9-11H2,2H3/t13-,14+,15+,16-,17-/m0/s1. The molecular weight excluding hydrogens is 268 g/mol. The Hall–Kier alpha value is -1.20. The van der Waals surface area contributed by atoms with E-state index in [0.717, 1.165) is 12.0 Å². The Morgan fingerprint density at radius 3 is 2.76 bits per heavy atom. The summed E-state index contributed by atoms with van der Waals surface area (Å²) >= 11 is 0. The summed E-state index contributed by atoms with van der Waals surface area (Å²) in [6.45, 7) is 6.16. The van der Waals surface area contributed by atoms with Gasteiger partial charge in [-0.2, -0.15) is 0 Å². The van der Waals surface area contributed by atoms with Crippen molar-refractivity contribution in [1.29, 1.82) is 0 Å². The third kappa shape index (κ3) is 2.90. The van der Waals surface area contributed by atoms with Crippen molar-refractivity contribution >= 4 is 0 Å². The molecule has 2 aliphatic rings. The van der Waals surface area contributed by atoms with E-state index in [1.165, 1.54) is 0 Å². The summed E-state index contributed by atoms with van der Waals surface area (Å²) in [7, 11) is 0. The lowest BCUT2D eigenvalue weighted by Crippen LogP contribution is -2.52. The fraction of sp³-hybridized carbons (Fsp3) is 0.529. The third-order valence-corrected chi connectivity index (χ3v) is 4.30. The van der Waals surface area contributed by atoms with Crippen molar-refractivity contribution in [3.8, 4) is 0 Å². The van der Waals surface area contributed by atoms with Crippen molar-refractivity contribution in [2.75, 3.05) is 6.61 Å². The molecule has 21 heavy (non-hydrogen) atoms. The Balaban J connectivity index is 1.78. The van der Waals surface area contributed by atoms with E-state index >= 15 is 0 Å². The second kappa shape index (κ2) is 5.89. The molecule has 2 heterocycles. The average molecular weight is 290 g/mol. The van der Waals surface area contributed by atoms with Gasteiger partial charge in [0.05, 0.1) is 18.8 Å². The molecule has 0 radical (unpaired) electrons. The lowest BCUT2D eigenvalue weighted by atomic mass is 9.94. The summed E-state index contributed by atoms with van der Waals surface area (Å²) in [6, 6.07) is 9.89. The number of rotatable bonds is 2. The van der Waals surface area contributed by atoms with E-state index in [2.05, 4.69) is 6.58 Å². The first kappa shape index (κ1) is 14.7. The van der Waals surface area contributed by atoms with Gasteiger partial charge in [-0.3, -0.25) is 0 Å². The van der Waals surface area contributed by atoms with Crippen LogP contribution in [-0.4, -0.2) is 35.6 Å². The summed E-state index contributed by atoms with van der Waals surface area (Å²) in [6.07, 6.45) is 1.65. The smallest absolute Gasteiger partial charge is 0.184 e. The van der Waals surface area contributed by atoms with Crippen molar-refractivity contribution < 1.29 is 19.3 Å². The molecule has 1 aromatic carbocycles. The monoisotopic (exact) mass is 290 g/mol. The third-order valence-electron chi connectivity index (χ3n) is 4.30. The molecule has 0 bridgehead atoms. The number of fused-ring (bicyclic) bond motifs is 1. The van der Waals surface area contributed by atoms with Crippen LogP contribution >= 0.6 is 0 Å². The minimum Gasteiger partial charge on any atom is -0.390 e. The van der Waals surface area contributed by atoms with Gasteiger partial charge in [0, 0.05) is 5.56 Å². The van der Waals surface area contributed by atoms with Crippen LogP contribution < -0.4 is 0 Å². The highest BCUT2D eigenvalue weighted by Crippen LogP contribution is 2.39. The van der Waals surface area contributed by atoms with Gasteiger partial charge in [0.15, 0.2) is 6.29 Å². The van der Waals surface area contributed by atoms with Crippen molar-refractivity contribution in [2.24, 2.45) is 0 Å². The molecule has 5 atom stereocenters. The van der Waals surface area contributed by atoms with Gasteiger partial charge in [-0.25, -0.2) is 0 Å². The predicted molar refractivity (Wildman–Crippen MR) is 78.7 cm³/mol. The van der Waals surface area contributed by atoms with Gasteiger partial charge in [-0.1, -0.05) is 36.4 Å². The van der Waals surface area contributed by atoms with Gasteiger partial charge in [0.25, 0.3) is 0 Å². The Labute approximate surface area is 125 Å². The molecule has 1 N–H and O–H groups in total. The van der Waals surface area contributed by atoms with Gasteiger partial charge in [-0.05, 0) is 19.8 Å². The number of hydrogen-bond donors (Lipinski definition) is 1. The second-order valence-corrected chi connectivity index (χ2v) is 5.95. The van der Waals surface area contributed by atoms with Crippen LogP contribution in [0.2, 0.25) is 0 Å². The van der Waals surface area contributed by atoms with Crippen molar-refractivity contribution in [2.45, 2.75) is 50.0 Å². The predicted octanol–water partition coefficient (Wildman–Crippen LogP) is 2.59. The first-order chi connectivity index (χ1) is 10.1. The summed E-state index contributed by atoms with van der Waals surface area (Å²) in [4.78, 5) is 0. The van der Waals surface area contributed by atoms with Crippen LogP contribution in [0.25, 0.3) is 0 Å². The van der Waals surface area contributed by atoms with E-state index in [0.29, 0.717) is 13.0 Å². The van der Waals surface area contributed by atoms with Crippen LogP contribution in [-0.2, 0) is 14.2 Å². The minimum atomic E-state index is -0.554. The molecule has 2 saturated heterocycles. The molecule has 4 heteroatoms. The molecule has 4 nitrogen and oxygen atoms in total. The van der Waals surface area contributed by atoms with Crippen LogP contribution in [0.15, 0.2) is 43.0 Å². The van der Waals surface area contributed by atoms with Gasteiger partial charge >= 0.3 is 0 Å². The first-order valence-corrected chi connectivity index (χ1v) is 7.43. The zero-order valence-electron chi connectivity index (χ0n) is 12.3. The molecule has 0 amide bonds. The average Bonchev–Trinajstić information content (AvgIpc) is 2.64. The highest BCUT2D eigenvalue weighted by molar-refractivity contribution is 5.17. The van der Waals surface area contributed by atoms with Crippen LogP contribution in [0.5, 0.6) is 0 Å². The second-order valence-electron chi connectivity index (χ2n) is 5.95. The Kier molecular flexibility index (Phi) is 4.13. The fourth-order valence-electron chi connectivity index (χ4n) is 3.02. The Bertz CT molecular complexity index is 489. The molecule has 0 spiro atoms. The summed E-state index contributed by atoms with van der Waals surface area (Å²) < 4.78 is 18.0. The van der Waals surface area contributed by atoms with E-state index in [4.69, 9.17) is 14.2 Å². The summed E-state index contributed by atoms with van der Waals surface area (Å²) in [5, 5.41) is 10.1. The van der Waals surface area contributed by atoms with Crippen molar-refractivity contribution in [3.63, 3.8) is 0 Å². The normalized spacial score (nSPS) is 40.1. The summed E-state index contributed by atoms with van der Waals surface area (Å²) in [5.74, 6) is 0. The highest BCUT2D eigenvalue weighted by atomic mass is 16.7. The number of benzene rings is 1. The van der Waals surface area contributed by atoms with Gasteiger partial charge in [-0.15, -0.1) is 6.58 Å². The van der Waals surface area contributed by atoms with Crippen LogP contribution in [0.3, 0.4) is 0 Å². The SMILES string of the molecule is C=C[C@H]1O[C@@]2(C)CO[C@H](c3ccccc3)O[C@@H]2CC[C@@H]1O. The molecule has 0 aliphatic carbocycles. The van der Waals surface area contributed by atoms with Crippen molar-refractivity contribution in [1.82, 2.24) is 0 Å². The maximum absolute atomic E-state index is 10.1.